The van der Waals surface area contributed by atoms with Gasteiger partial charge in [0.2, 0.25) is 0 Å². The summed E-state index contributed by atoms with van der Waals surface area (Å²) in [7, 11) is 0. The largest absolute Gasteiger partial charge is 0.493 e. The van der Waals surface area contributed by atoms with Gasteiger partial charge in [-0.05, 0) is 60.6 Å². The third kappa shape index (κ3) is 3.08. The van der Waals surface area contributed by atoms with Crippen molar-refractivity contribution in [3.8, 4) is 5.75 Å². The molecule has 4 heteroatoms. The molecule has 28 heavy (non-hydrogen) atoms. The highest BCUT2D eigenvalue weighted by Gasteiger charge is 2.56. The van der Waals surface area contributed by atoms with Crippen molar-refractivity contribution >= 4 is 11.0 Å². The van der Waals surface area contributed by atoms with Crippen LogP contribution in [0.4, 0.5) is 0 Å². The molecule has 1 aromatic carbocycles. The normalized spacial score (nSPS) is 32.1. The van der Waals surface area contributed by atoms with Crippen LogP contribution in [-0.4, -0.2) is 17.8 Å². The van der Waals surface area contributed by atoms with E-state index in [0.29, 0.717) is 23.9 Å². The maximum absolute atomic E-state index is 11.5. The number of aliphatic hydroxyl groups is 1. The van der Waals surface area contributed by atoms with Crippen LogP contribution in [0.5, 0.6) is 5.75 Å². The zero-order chi connectivity index (χ0) is 20.1. The summed E-state index contributed by atoms with van der Waals surface area (Å²) in [6.45, 7) is 11.7. The minimum absolute atomic E-state index is 0.0709. The maximum atomic E-state index is 11.5. The van der Waals surface area contributed by atoms with E-state index < -0.39 is 0 Å². The molecular formula is C24H30O4. The van der Waals surface area contributed by atoms with E-state index >= 15 is 0 Å². The smallest absolute Gasteiger partial charge is 0.336 e. The summed E-state index contributed by atoms with van der Waals surface area (Å²) >= 11 is 0. The molecule has 0 bridgehead atoms. The van der Waals surface area contributed by atoms with Crippen molar-refractivity contribution < 1.29 is 14.3 Å². The van der Waals surface area contributed by atoms with E-state index in [-0.39, 0.29) is 28.5 Å². The van der Waals surface area contributed by atoms with Crippen molar-refractivity contribution in [2.75, 3.05) is 6.61 Å². The van der Waals surface area contributed by atoms with E-state index in [2.05, 4.69) is 27.4 Å². The molecule has 0 radical (unpaired) electrons. The van der Waals surface area contributed by atoms with Crippen LogP contribution in [0.25, 0.3) is 11.0 Å². The molecule has 2 aliphatic rings. The third-order valence-electron chi connectivity index (χ3n) is 7.56. The highest BCUT2D eigenvalue weighted by atomic mass is 16.5. The Morgan fingerprint density at radius 2 is 1.96 bits per heavy atom. The summed E-state index contributed by atoms with van der Waals surface area (Å²) in [5.74, 6) is 1.39. The first kappa shape index (κ1) is 19.3. The Kier molecular flexibility index (Phi) is 4.65. The SMILES string of the molecule is C=C1CC[C@@H]2C(C)(C)[C@@H](O)CC[C@@]2(C)[C@H]1COc1ccc2ccc(=O)oc2c1. The van der Waals surface area contributed by atoms with Crippen LogP contribution >= 0.6 is 0 Å². The second-order valence-corrected chi connectivity index (χ2v) is 9.45. The highest BCUT2D eigenvalue weighted by molar-refractivity contribution is 5.77. The van der Waals surface area contributed by atoms with Gasteiger partial charge in [-0.15, -0.1) is 0 Å². The van der Waals surface area contributed by atoms with Gasteiger partial charge in [-0.3, -0.25) is 0 Å². The number of hydrogen-bond acceptors (Lipinski definition) is 4. The Balaban J connectivity index is 1.58. The standard InChI is InChI=1S/C24H30O4/c1-15-5-9-20-23(2,3)21(25)11-12-24(20,4)18(15)14-27-17-8-6-16-7-10-22(26)28-19(16)13-17/h6-8,10,13,18,20-21,25H,1,5,9,11-12,14H2,2-4H3/t18-,20+,21-,24-/m0/s1. The molecule has 4 rings (SSSR count). The molecule has 0 saturated heterocycles. The predicted octanol–water partition coefficient (Wildman–Crippen LogP) is 4.94. The molecule has 2 saturated carbocycles. The molecule has 1 aromatic heterocycles. The van der Waals surface area contributed by atoms with Crippen molar-refractivity contribution in [2.45, 2.75) is 52.6 Å². The zero-order valence-electron chi connectivity index (χ0n) is 17.0. The fourth-order valence-electron chi connectivity index (χ4n) is 5.78. The van der Waals surface area contributed by atoms with Crippen LogP contribution < -0.4 is 10.4 Å². The lowest BCUT2D eigenvalue weighted by Crippen LogP contribution is -2.55. The summed E-state index contributed by atoms with van der Waals surface area (Å²) in [6, 6.07) is 8.80. The van der Waals surface area contributed by atoms with E-state index in [0.717, 1.165) is 31.1 Å². The number of rotatable bonds is 3. The van der Waals surface area contributed by atoms with Crippen LogP contribution in [0.3, 0.4) is 0 Å². The average molecular weight is 383 g/mol. The molecule has 0 aliphatic heterocycles. The van der Waals surface area contributed by atoms with Gasteiger partial charge >= 0.3 is 5.63 Å². The first-order valence-electron chi connectivity index (χ1n) is 10.2. The van der Waals surface area contributed by atoms with Gasteiger partial charge in [0.15, 0.2) is 0 Å². The lowest BCUT2D eigenvalue weighted by Gasteiger charge is -2.59. The van der Waals surface area contributed by atoms with Gasteiger partial charge in [0.25, 0.3) is 0 Å². The zero-order valence-corrected chi connectivity index (χ0v) is 17.0. The van der Waals surface area contributed by atoms with Crippen LogP contribution in [0.1, 0.15) is 46.5 Å². The highest BCUT2D eigenvalue weighted by Crippen LogP contribution is 2.60. The Morgan fingerprint density at radius 3 is 2.75 bits per heavy atom. The fourth-order valence-corrected chi connectivity index (χ4v) is 5.78. The molecule has 150 valence electrons. The van der Waals surface area contributed by atoms with Crippen molar-refractivity contribution in [2.24, 2.45) is 22.7 Å². The second kappa shape index (κ2) is 6.77. The van der Waals surface area contributed by atoms with Crippen LogP contribution in [0, 0.1) is 22.7 Å². The van der Waals surface area contributed by atoms with E-state index in [1.165, 1.54) is 11.6 Å². The van der Waals surface area contributed by atoms with Gasteiger partial charge in [0.1, 0.15) is 11.3 Å². The Labute approximate surface area is 166 Å². The molecule has 1 N–H and O–H groups in total. The van der Waals surface area contributed by atoms with Crippen LogP contribution in [0.2, 0.25) is 0 Å². The molecule has 0 unspecified atom stereocenters. The van der Waals surface area contributed by atoms with Crippen molar-refractivity contribution in [1.29, 1.82) is 0 Å². The van der Waals surface area contributed by atoms with Gasteiger partial charge in [0.05, 0.1) is 12.7 Å². The van der Waals surface area contributed by atoms with E-state index in [4.69, 9.17) is 9.15 Å². The van der Waals surface area contributed by atoms with Crippen molar-refractivity contribution in [1.82, 2.24) is 0 Å². The summed E-state index contributed by atoms with van der Waals surface area (Å²) < 4.78 is 11.5. The molecule has 0 amide bonds. The third-order valence-corrected chi connectivity index (χ3v) is 7.56. The Bertz CT molecular complexity index is 956. The first-order valence-corrected chi connectivity index (χ1v) is 10.2. The van der Waals surface area contributed by atoms with Crippen LogP contribution in [-0.2, 0) is 0 Å². The molecule has 2 fully saturated rings. The molecule has 0 spiro atoms. The van der Waals surface area contributed by atoms with Gasteiger partial charge < -0.3 is 14.3 Å². The minimum atomic E-state index is -0.358. The van der Waals surface area contributed by atoms with Gasteiger partial charge in [-0.25, -0.2) is 4.79 Å². The summed E-state index contributed by atoms with van der Waals surface area (Å²) in [4.78, 5) is 11.5. The number of fused-ring (bicyclic) bond motifs is 2. The van der Waals surface area contributed by atoms with Crippen LogP contribution in [0.15, 0.2) is 51.7 Å². The van der Waals surface area contributed by atoms with Gasteiger partial charge in [-0.2, -0.15) is 0 Å². The molecule has 4 atom stereocenters. The fraction of sp³-hybridized carbons (Fsp3) is 0.542. The lowest BCUT2D eigenvalue weighted by molar-refractivity contribution is -0.128. The Morgan fingerprint density at radius 1 is 1.21 bits per heavy atom. The van der Waals surface area contributed by atoms with E-state index in [1.54, 1.807) is 12.1 Å². The average Bonchev–Trinajstić information content (AvgIpc) is 2.64. The number of hydrogen-bond donors (Lipinski definition) is 1. The number of aliphatic hydroxyl groups excluding tert-OH is 1. The molecule has 2 aliphatic carbocycles. The number of ether oxygens (including phenoxy) is 1. The predicted molar refractivity (Wildman–Crippen MR) is 110 cm³/mol. The molecule has 4 nitrogen and oxygen atoms in total. The summed E-state index contributed by atoms with van der Waals surface area (Å²) in [6.07, 6.45) is 3.63. The Hall–Kier alpha value is -2.07. The summed E-state index contributed by atoms with van der Waals surface area (Å²) in [5, 5.41) is 11.5. The van der Waals surface area contributed by atoms with E-state index in [9.17, 15) is 9.90 Å². The molecule has 1 heterocycles. The summed E-state index contributed by atoms with van der Waals surface area (Å²) in [5.41, 5.74) is 1.40. The van der Waals surface area contributed by atoms with Crippen molar-refractivity contribution in [3.63, 3.8) is 0 Å². The lowest BCUT2D eigenvalue weighted by atomic mass is 9.47. The monoisotopic (exact) mass is 382 g/mol. The maximum Gasteiger partial charge on any atom is 0.336 e. The minimum Gasteiger partial charge on any atom is -0.493 e. The number of benzene rings is 1. The quantitative estimate of drug-likeness (QED) is 0.603. The second-order valence-electron chi connectivity index (χ2n) is 9.45. The molecule has 2 aromatic rings. The van der Waals surface area contributed by atoms with Gasteiger partial charge in [-0.1, -0.05) is 32.9 Å². The topological polar surface area (TPSA) is 59.7 Å². The first-order chi connectivity index (χ1) is 13.2. The van der Waals surface area contributed by atoms with E-state index in [1.807, 2.05) is 12.1 Å². The van der Waals surface area contributed by atoms with Gasteiger partial charge in [0, 0.05) is 23.4 Å². The van der Waals surface area contributed by atoms with Crippen molar-refractivity contribution in [3.05, 3.63) is 52.9 Å². The molecular weight excluding hydrogens is 352 g/mol.